The fourth-order valence-electron chi connectivity index (χ4n) is 3.66. The van der Waals surface area contributed by atoms with E-state index in [4.69, 9.17) is 18.6 Å². The van der Waals surface area contributed by atoms with Crippen LogP contribution in [-0.2, 0) is 28.2 Å². The minimum Gasteiger partial charge on any atom is -0.463 e. The lowest BCUT2D eigenvalue weighted by molar-refractivity contribution is -0.151. The highest BCUT2D eigenvalue weighted by atomic mass is 28.4. The van der Waals surface area contributed by atoms with Gasteiger partial charge in [0.15, 0.2) is 8.32 Å². The molecular weight excluding hydrogens is 496 g/mol. The second kappa shape index (κ2) is 15.0. The maximum atomic E-state index is 12.0. The Bertz CT molecular complexity index is 885. The smallest absolute Gasteiger partial charge is 0.330 e. The van der Waals surface area contributed by atoms with Crippen LogP contribution in [0.15, 0.2) is 48.1 Å². The maximum absolute atomic E-state index is 12.0. The quantitative estimate of drug-likeness (QED) is 0.117. The van der Waals surface area contributed by atoms with Gasteiger partial charge >= 0.3 is 11.9 Å². The molecule has 1 aliphatic heterocycles. The third-order valence-corrected chi connectivity index (χ3v) is 11.6. The third kappa shape index (κ3) is 11.8. The zero-order valence-electron chi connectivity index (χ0n) is 25.6. The Morgan fingerprint density at radius 3 is 2.24 bits per heavy atom. The molecule has 0 bridgehead atoms. The summed E-state index contributed by atoms with van der Waals surface area (Å²) < 4.78 is 23.7. The van der Waals surface area contributed by atoms with Crippen molar-refractivity contribution in [1.82, 2.24) is 0 Å². The summed E-state index contributed by atoms with van der Waals surface area (Å²) in [5.41, 5.74) is 0.537. The van der Waals surface area contributed by atoms with Gasteiger partial charge < -0.3 is 18.6 Å². The van der Waals surface area contributed by atoms with Gasteiger partial charge in [-0.25, -0.2) is 4.79 Å². The lowest BCUT2D eigenvalue weighted by atomic mass is 9.88. The first-order chi connectivity index (χ1) is 17.5. The summed E-state index contributed by atoms with van der Waals surface area (Å²) in [6.45, 7) is 23.5. The molecule has 1 heterocycles. The fraction of sp³-hybridized carbons (Fsp3) is 0.677. The second-order valence-electron chi connectivity index (χ2n) is 12.7. The van der Waals surface area contributed by atoms with Crippen molar-refractivity contribution < 1.29 is 28.2 Å². The van der Waals surface area contributed by atoms with Gasteiger partial charge in [0.1, 0.15) is 6.61 Å². The molecule has 7 heteroatoms. The van der Waals surface area contributed by atoms with E-state index in [0.717, 1.165) is 18.4 Å². The van der Waals surface area contributed by atoms with E-state index in [9.17, 15) is 9.59 Å². The Labute approximate surface area is 232 Å². The van der Waals surface area contributed by atoms with Crippen LogP contribution < -0.4 is 0 Å². The SMILES string of the molecule is CCOC(=O)/C=C/C=C/C[C@H]1C[C@H](O[Si](C)(C)C(C)(C)C)[C@@H](C)[C@@H](/C=C(C)\C=C\COC(=O)C(C)(C)C)O1. The molecule has 0 aromatic carbocycles. The third-order valence-electron chi connectivity index (χ3n) is 7.10. The molecule has 0 unspecified atom stereocenters. The van der Waals surface area contributed by atoms with Crippen molar-refractivity contribution in [3.8, 4) is 0 Å². The Morgan fingerprint density at radius 1 is 1.00 bits per heavy atom. The monoisotopic (exact) mass is 548 g/mol. The molecule has 216 valence electrons. The zero-order chi connectivity index (χ0) is 29.1. The number of carbonyl (C=O) groups excluding carboxylic acids is 2. The van der Waals surface area contributed by atoms with E-state index < -0.39 is 13.7 Å². The first-order valence-electron chi connectivity index (χ1n) is 13.8. The summed E-state index contributed by atoms with van der Waals surface area (Å²) in [6.07, 6.45) is 14.5. The second-order valence-corrected chi connectivity index (χ2v) is 17.4. The Balaban J connectivity index is 2.99. The van der Waals surface area contributed by atoms with E-state index in [1.54, 1.807) is 13.0 Å². The molecule has 6 nitrogen and oxygen atoms in total. The predicted molar refractivity (Wildman–Crippen MR) is 157 cm³/mol. The van der Waals surface area contributed by atoms with Crippen molar-refractivity contribution >= 4 is 20.3 Å². The van der Waals surface area contributed by atoms with Crippen LogP contribution in [0, 0.1) is 11.3 Å². The molecule has 0 N–H and O–H groups in total. The molecule has 38 heavy (non-hydrogen) atoms. The Morgan fingerprint density at radius 2 is 1.66 bits per heavy atom. The van der Waals surface area contributed by atoms with Crippen LogP contribution in [0.4, 0.5) is 0 Å². The molecule has 0 aromatic heterocycles. The molecule has 4 atom stereocenters. The first kappa shape index (κ1) is 34.1. The summed E-state index contributed by atoms with van der Waals surface area (Å²) in [5, 5.41) is 0.118. The van der Waals surface area contributed by atoms with Gasteiger partial charge in [-0.05, 0) is 71.7 Å². The number of ether oxygens (including phenoxy) is 3. The molecule has 1 fully saturated rings. The number of esters is 2. The van der Waals surface area contributed by atoms with Gasteiger partial charge in [-0.3, -0.25) is 4.79 Å². The van der Waals surface area contributed by atoms with Gasteiger partial charge in [-0.15, -0.1) is 0 Å². The highest BCUT2D eigenvalue weighted by Crippen LogP contribution is 2.41. The van der Waals surface area contributed by atoms with Crippen molar-refractivity contribution in [2.45, 2.75) is 112 Å². The molecule has 0 radical (unpaired) electrons. The van der Waals surface area contributed by atoms with E-state index in [-0.39, 0.29) is 47.8 Å². The van der Waals surface area contributed by atoms with Crippen LogP contribution in [0.5, 0.6) is 0 Å². The van der Waals surface area contributed by atoms with E-state index in [1.165, 1.54) is 6.08 Å². The normalized spacial score (nSPS) is 23.9. The Hall–Kier alpha value is -1.96. The fourth-order valence-corrected chi connectivity index (χ4v) is 5.08. The molecule has 1 saturated heterocycles. The van der Waals surface area contributed by atoms with Gasteiger partial charge in [0.25, 0.3) is 0 Å². The number of hydrogen-bond donors (Lipinski definition) is 0. The number of hydrogen-bond acceptors (Lipinski definition) is 6. The summed E-state index contributed by atoms with van der Waals surface area (Å²) in [6, 6.07) is 0. The van der Waals surface area contributed by atoms with Crippen LogP contribution in [0.2, 0.25) is 18.1 Å². The highest BCUT2D eigenvalue weighted by Gasteiger charge is 2.43. The molecule has 1 rings (SSSR count). The standard InChI is InChI=1S/C31H52O6Si/c1-12-34-28(32)19-15-13-14-18-25-22-27(37-38(10,11)31(7,8)9)24(3)26(36-25)21-23(2)17-16-20-35-29(33)30(4,5)6/h13-17,19,21,24-27H,12,18,20,22H2,1-11H3/b14-13+,17-16+,19-15+,23-21-/t24-,25-,26+,27-/m0/s1. The number of allylic oxidation sites excluding steroid dienone is 4. The zero-order valence-corrected chi connectivity index (χ0v) is 26.6. The average Bonchev–Trinajstić information content (AvgIpc) is 2.77. The summed E-state index contributed by atoms with van der Waals surface area (Å²) in [5.74, 6) is -0.369. The molecule has 0 spiro atoms. The van der Waals surface area contributed by atoms with Gasteiger partial charge in [0, 0.05) is 12.0 Å². The maximum Gasteiger partial charge on any atom is 0.330 e. The lowest BCUT2D eigenvalue weighted by Crippen LogP contribution is -2.51. The van der Waals surface area contributed by atoms with E-state index in [0.29, 0.717) is 6.61 Å². The van der Waals surface area contributed by atoms with Gasteiger partial charge in [0.05, 0.1) is 30.3 Å². The summed E-state index contributed by atoms with van der Waals surface area (Å²) >= 11 is 0. The van der Waals surface area contributed by atoms with E-state index in [1.807, 2.05) is 52.0 Å². The molecular formula is C31H52O6Si. The topological polar surface area (TPSA) is 71.1 Å². The number of rotatable bonds is 11. The van der Waals surface area contributed by atoms with Crippen molar-refractivity contribution in [2.24, 2.45) is 11.3 Å². The first-order valence-corrected chi connectivity index (χ1v) is 16.7. The molecule has 0 aliphatic carbocycles. The average molecular weight is 549 g/mol. The predicted octanol–water partition coefficient (Wildman–Crippen LogP) is 7.33. The van der Waals surface area contributed by atoms with Gasteiger partial charge in [-0.1, -0.05) is 63.6 Å². The van der Waals surface area contributed by atoms with Crippen molar-refractivity contribution in [1.29, 1.82) is 0 Å². The summed E-state index contributed by atoms with van der Waals surface area (Å²) in [4.78, 5) is 23.5. The van der Waals surface area contributed by atoms with Crippen LogP contribution in [0.1, 0.15) is 75.2 Å². The van der Waals surface area contributed by atoms with Crippen molar-refractivity contribution in [3.05, 3.63) is 48.1 Å². The molecule has 0 saturated carbocycles. The van der Waals surface area contributed by atoms with Crippen LogP contribution >= 0.6 is 0 Å². The minimum atomic E-state index is -1.97. The molecule has 0 aromatic rings. The Kier molecular flexibility index (Phi) is 13.4. The van der Waals surface area contributed by atoms with Crippen LogP contribution in [0.25, 0.3) is 0 Å². The van der Waals surface area contributed by atoms with Gasteiger partial charge in [-0.2, -0.15) is 0 Å². The van der Waals surface area contributed by atoms with Crippen molar-refractivity contribution in [3.63, 3.8) is 0 Å². The minimum absolute atomic E-state index is 0.000943. The largest absolute Gasteiger partial charge is 0.463 e. The number of carbonyl (C=O) groups is 2. The molecule has 1 aliphatic rings. The molecule has 0 amide bonds. The van der Waals surface area contributed by atoms with E-state index in [2.05, 4.69) is 46.9 Å². The highest BCUT2D eigenvalue weighted by molar-refractivity contribution is 6.74. The van der Waals surface area contributed by atoms with Crippen LogP contribution in [0.3, 0.4) is 0 Å². The van der Waals surface area contributed by atoms with Gasteiger partial charge in [0.2, 0.25) is 0 Å². The summed E-state index contributed by atoms with van der Waals surface area (Å²) in [7, 11) is -1.97. The van der Waals surface area contributed by atoms with Crippen LogP contribution in [-0.4, -0.2) is 51.8 Å². The van der Waals surface area contributed by atoms with E-state index >= 15 is 0 Å². The van der Waals surface area contributed by atoms with Crippen molar-refractivity contribution in [2.75, 3.05) is 13.2 Å². The lowest BCUT2D eigenvalue weighted by Gasteiger charge is -2.46.